The summed E-state index contributed by atoms with van der Waals surface area (Å²) < 4.78 is 0. The smallest absolute Gasteiger partial charge is 0.0851 e. The molecule has 2 heterocycles. The van der Waals surface area contributed by atoms with Crippen LogP contribution in [0.25, 0.3) is 0 Å². The van der Waals surface area contributed by atoms with Gasteiger partial charge in [-0.2, -0.15) is 0 Å². The first-order chi connectivity index (χ1) is 4.47. The summed E-state index contributed by atoms with van der Waals surface area (Å²) >= 11 is 0. The Kier molecular flexibility index (Phi) is 0.828. The summed E-state index contributed by atoms with van der Waals surface area (Å²) in [6.07, 6.45) is 3.59. The van der Waals surface area contributed by atoms with Crippen molar-refractivity contribution in [2.75, 3.05) is 17.3 Å². The molecule has 0 aromatic carbocycles. The third-order valence-electron chi connectivity index (χ3n) is 1.38. The van der Waals surface area contributed by atoms with E-state index in [1.54, 1.807) is 6.20 Å². The topological polar surface area (TPSA) is 37.0 Å². The quantitative estimate of drug-likeness (QED) is 0.535. The lowest BCUT2D eigenvalue weighted by atomic mass is 10.4. The van der Waals surface area contributed by atoms with Gasteiger partial charge in [0.1, 0.15) is 0 Å². The summed E-state index contributed by atoms with van der Waals surface area (Å²) in [7, 11) is 0. The molecule has 3 nitrogen and oxygen atoms in total. The van der Waals surface area contributed by atoms with Gasteiger partial charge >= 0.3 is 0 Å². The van der Waals surface area contributed by atoms with Crippen LogP contribution in [0.1, 0.15) is 0 Å². The van der Waals surface area contributed by atoms with E-state index in [1.165, 1.54) is 0 Å². The van der Waals surface area contributed by atoms with Crippen LogP contribution in [0.3, 0.4) is 0 Å². The first kappa shape index (κ1) is 4.61. The van der Waals surface area contributed by atoms with Crippen LogP contribution in [0, 0.1) is 0 Å². The van der Waals surface area contributed by atoms with Crippen molar-refractivity contribution in [2.24, 2.45) is 0 Å². The van der Waals surface area contributed by atoms with E-state index in [4.69, 9.17) is 0 Å². The molecule has 1 aromatic rings. The molecule has 0 spiro atoms. The minimum absolute atomic E-state index is 0.820. The molecule has 0 unspecified atom stereocenters. The highest BCUT2D eigenvalue weighted by Crippen LogP contribution is 2.22. The Morgan fingerprint density at radius 2 is 2.22 bits per heavy atom. The Bertz CT molecular complexity index is 198. The van der Waals surface area contributed by atoms with E-state index in [1.807, 2.05) is 12.3 Å². The monoisotopic (exact) mass is 121 g/mol. The summed E-state index contributed by atoms with van der Waals surface area (Å²) in [4.78, 5) is 3.95. The van der Waals surface area contributed by atoms with Crippen molar-refractivity contribution in [1.29, 1.82) is 0 Å². The number of hydrogen-bond acceptors (Lipinski definition) is 3. The first-order valence-corrected chi connectivity index (χ1v) is 2.88. The van der Waals surface area contributed by atoms with Crippen LogP contribution in [-0.4, -0.2) is 11.7 Å². The van der Waals surface area contributed by atoms with Gasteiger partial charge in [0.05, 0.1) is 24.2 Å². The zero-order valence-corrected chi connectivity index (χ0v) is 4.89. The number of aromatic nitrogens is 1. The van der Waals surface area contributed by atoms with Crippen molar-refractivity contribution in [2.45, 2.75) is 0 Å². The van der Waals surface area contributed by atoms with E-state index in [-0.39, 0.29) is 0 Å². The molecule has 0 amide bonds. The fraction of sp³-hybridized carbons (Fsp3) is 0.167. The van der Waals surface area contributed by atoms with Crippen LogP contribution in [0.15, 0.2) is 18.5 Å². The number of fused-ring (bicyclic) bond motifs is 1. The van der Waals surface area contributed by atoms with Crippen molar-refractivity contribution in [3.8, 4) is 0 Å². The van der Waals surface area contributed by atoms with Crippen molar-refractivity contribution in [1.82, 2.24) is 4.98 Å². The van der Waals surface area contributed by atoms with Gasteiger partial charge in [0.15, 0.2) is 0 Å². The number of anilines is 2. The predicted molar refractivity (Wildman–Crippen MR) is 36.3 cm³/mol. The molecule has 0 aliphatic carbocycles. The van der Waals surface area contributed by atoms with Crippen LogP contribution in [-0.2, 0) is 0 Å². The van der Waals surface area contributed by atoms with Gasteiger partial charge in [-0.05, 0) is 6.07 Å². The molecule has 0 saturated heterocycles. The molecular weight excluding hydrogens is 114 g/mol. The summed E-state index contributed by atoms with van der Waals surface area (Å²) in [5.41, 5.74) is 2.24. The van der Waals surface area contributed by atoms with Gasteiger partial charge < -0.3 is 10.6 Å². The standard InChI is InChI=1S/C6H7N3/c1-2-7-3-6-5(1)8-4-9-6/h1-3,8-9H,4H2. The van der Waals surface area contributed by atoms with E-state index < -0.39 is 0 Å². The van der Waals surface area contributed by atoms with Gasteiger partial charge in [0, 0.05) is 6.20 Å². The van der Waals surface area contributed by atoms with Crippen LogP contribution >= 0.6 is 0 Å². The Morgan fingerprint density at radius 1 is 1.33 bits per heavy atom. The Labute approximate surface area is 53.1 Å². The molecule has 46 valence electrons. The molecule has 9 heavy (non-hydrogen) atoms. The number of nitrogens with one attached hydrogen (secondary N) is 2. The predicted octanol–water partition coefficient (Wildman–Crippen LogP) is 0.876. The lowest BCUT2D eigenvalue weighted by Gasteiger charge is -1.92. The molecule has 0 fully saturated rings. The second-order valence-corrected chi connectivity index (χ2v) is 1.95. The number of pyridine rings is 1. The highest BCUT2D eigenvalue weighted by Gasteiger charge is 2.05. The van der Waals surface area contributed by atoms with Crippen LogP contribution in [0.2, 0.25) is 0 Å². The molecule has 2 rings (SSSR count). The molecule has 3 heteroatoms. The number of rotatable bonds is 0. The third kappa shape index (κ3) is 0.614. The summed E-state index contributed by atoms with van der Waals surface area (Å²) in [6.45, 7) is 0.820. The highest BCUT2D eigenvalue weighted by molar-refractivity contribution is 5.71. The molecule has 0 bridgehead atoms. The van der Waals surface area contributed by atoms with Crippen LogP contribution < -0.4 is 10.6 Å². The van der Waals surface area contributed by atoms with Crippen molar-refractivity contribution < 1.29 is 0 Å². The molecule has 1 aliphatic rings. The Hall–Kier alpha value is -1.25. The van der Waals surface area contributed by atoms with Crippen LogP contribution in [0.5, 0.6) is 0 Å². The maximum atomic E-state index is 3.95. The van der Waals surface area contributed by atoms with E-state index >= 15 is 0 Å². The minimum atomic E-state index is 0.820. The van der Waals surface area contributed by atoms with Gasteiger partial charge in [-0.1, -0.05) is 0 Å². The number of hydrogen-bond donors (Lipinski definition) is 2. The summed E-state index contributed by atoms with van der Waals surface area (Å²) in [5.74, 6) is 0. The molecule has 2 N–H and O–H groups in total. The average Bonchev–Trinajstić information content (AvgIpc) is 2.33. The SMILES string of the molecule is c1cc2c(cn1)NCN2. The van der Waals surface area contributed by atoms with E-state index in [0.717, 1.165) is 18.0 Å². The highest BCUT2D eigenvalue weighted by atomic mass is 15.1. The zero-order valence-electron chi connectivity index (χ0n) is 4.89. The van der Waals surface area contributed by atoms with Crippen molar-refractivity contribution >= 4 is 11.4 Å². The Balaban J connectivity index is 2.54. The lowest BCUT2D eigenvalue weighted by Crippen LogP contribution is -1.98. The molecule has 0 atom stereocenters. The molecule has 1 aliphatic heterocycles. The second-order valence-electron chi connectivity index (χ2n) is 1.95. The average molecular weight is 121 g/mol. The summed E-state index contributed by atoms with van der Waals surface area (Å²) in [6, 6.07) is 1.95. The maximum absolute atomic E-state index is 3.95. The molecule has 1 aromatic heterocycles. The lowest BCUT2D eigenvalue weighted by molar-refractivity contribution is 1.30. The first-order valence-electron chi connectivity index (χ1n) is 2.88. The second kappa shape index (κ2) is 1.62. The van der Waals surface area contributed by atoms with E-state index in [2.05, 4.69) is 15.6 Å². The van der Waals surface area contributed by atoms with Crippen molar-refractivity contribution in [3.63, 3.8) is 0 Å². The Morgan fingerprint density at radius 3 is 3.11 bits per heavy atom. The molecular formula is C6H7N3. The van der Waals surface area contributed by atoms with E-state index in [9.17, 15) is 0 Å². The van der Waals surface area contributed by atoms with Gasteiger partial charge in [-0.25, -0.2) is 0 Å². The summed E-state index contributed by atoms with van der Waals surface area (Å²) in [5, 5.41) is 6.28. The number of nitrogens with zero attached hydrogens (tertiary/aromatic N) is 1. The van der Waals surface area contributed by atoms with E-state index in [0.29, 0.717) is 0 Å². The zero-order chi connectivity index (χ0) is 6.10. The molecule has 0 radical (unpaired) electrons. The molecule has 0 saturated carbocycles. The third-order valence-corrected chi connectivity index (χ3v) is 1.38. The van der Waals surface area contributed by atoms with Crippen molar-refractivity contribution in [3.05, 3.63) is 18.5 Å². The largest absolute Gasteiger partial charge is 0.366 e. The van der Waals surface area contributed by atoms with Crippen LogP contribution in [0.4, 0.5) is 11.4 Å². The van der Waals surface area contributed by atoms with Gasteiger partial charge in [0.2, 0.25) is 0 Å². The van der Waals surface area contributed by atoms with Gasteiger partial charge in [-0.15, -0.1) is 0 Å². The van der Waals surface area contributed by atoms with Gasteiger partial charge in [0.25, 0.3) is 0 Å². The minimum Gasteiger partial charge on any atom is -0.366 e. The fourth-order valence-electron chi connectivity index (χ4n) is 0.924. The maximum Gasteiger partial charge on any atom is 0.0851 e. The van der Waals surface area contributed by atoms with Gasteiger partial charge in [-0.3, -0.25) is 4.98 Å². The normalized spacial score (nSPS) is 13.8. The fourth-order valence-corrected chi connectivity index (χ4v) is 0.924.